The molecule has 2 heterocycles. The van der Waals surface area contributed by atoms with Gasteiger partial charge in [0.15, 0.2) is 5.03 Å². The number of nitrogens with zero attached hydrogens (tertiary/aromatic N) is 3. The number of aryl methyl sites for hydroxylation is 1. The summed E-state index contributed by atoms with van der Waals surface area (Å²) in [4.78, 5) is 14.8. The number of hydrogen-bond acceptors (Lipinski definition) is 5. The summed E-state index contributed by atoms with van der Waals surface area (Å²) < 4.78 is 27.0. The molecule has 9 heteroatoms. The fourth-order valence-corrected chi connectivity index (χ4v) is 3.61. The molecule has 0 spiro atoms. The number of rotatable bonds is 4. The number of aliphatic carboxylic acids is 1. The third kappa shape index (κ3) is 2.48. The van der Waals surface area contributed by atoms with E-state index in [0.717, 1.165) is 4.31 Å². The van der Waals surface area contributed by atoms with Crippen molar-refractivity contribution in [2.45, 2.75) is 37.1 Å². The van der Waals surface area contributed by atoms with Crippen LogP contribution in [-0.4, -0.2) is 57.1 Å². The van der Waals surface area contributed by atoms with E-state index in [9.17, 15) is 18.3 Å². The highest BCUT2D eigenvalue weighted by atomic mass is 32.2. The van der Waals surface area contributed by atoms with E-state index in [0.29, 0.717) is 6.54 Å². The number of carbonyl (C=O) groups is 1. The second kappa shape index (κ2) is 4.91. The lowest BCUT2D eigenvalue weighted by molar-refractivity contribution is -0.140. The van der Waals surface area contributed by atoms with Crippen molar-refractivity contribution < 1.29 is 23.4 Å². The smallest absolute Gasteiger partial charge is 0.322 e. The molecule has 0 saturated carbocycles. The molecule has 106 valence electrons. The number of aliphatic hydroxyl groups is 1. The van der Waals surface area contributed by atoms with Crippen LogP contribution in [0.1, 0.15) is 13.3 Å². The number of carboxylic acid groups (broad SMARTS) is 1. The number of sulfonamides is 1. The van der Waals surface area contributed by atoms with Crippen LogP contribution in [0.4, 0.5) is 0 Å². The van der Waals surface area contributed by atoms with Gasteiger partial charge in [-0.1, -0.05) is 0 Å². The molecule has 1 aliphatic heterocycles. The second-order valence-corrected chi connectivity index (χ2v) is 6.20. The first-order valence-electron chi connectivity index (χ1n) is 5.80. The summed E-state index contributed by atoms with van der Waals surface area (Å²) in [6.45, 7) is 2.17. The Bertz CT molecular complexity index is 582. The zero-order chi connectivity index (χ0) is 14.2. The van der Waals surface area contributed by atoms with Gasteiger partial charge in [-0.15, -0.1) is 0 Å². The molecular formula is C10H15N3O5S. The Labute approximate surface area is 110 Å². The van der Waals surface area contributed by atoms with Gasteiger partial charge in [-0.3, -0.25) is 4.79 Å². The zero-order valence-electron chi connectivity index (χ0n) is 10.3. The molecule has 19 heavy (non-hydrogen) atoms. The zero-order valence-corrected chi connectivity index (χ0v) is 11.1. The summed E-state index contributed by atoms with van der Waals surface area (Å²) in [5.41, 5.74) is 0. The molecule has 1 aromatic rings. The van der Waals surface area contributed by atoms with E-state index in [4.69, 9.17) is 5.11 Å². The number of aromatic nitrogens is 2. The molecule has 2 atom stereocenters. The van der Waals surface area contributed by atoms with Gasteiger partial charge in [-0.25, -0.2) is 13.4 Å². The normalized spacial score (nSPS) is 24.7. The van der Waals surface area contributed by atoms with Crippen molar-refractivity contribution in [1.29, 1.82) is 0 Å². The average molecular weight is 289 g/mol. The molecular weight excluding hydrogens is 274 g/mol. The molecule has 1 unspecified atom stereocenters. The Morgan fingerprint density at radius 2 is 2.26 bits per heavy atom. The molecule has 0 aliphatic carbocycles. The summed E-state index contributed by atoms with van der Waals surface area (Å²) in [6, 6.07) is -1.24. The maximum absolute atomic E-state index is 12.3. The fourth-order valence-electron chi connectivity index (χ4n) is 2.04. The number of carboxylic acids is 1. The first-order valence-corrected chi connectivity index (χ1v) is 7.24. The quantitative estimate of drug-likeness (QED) is 0.743. The van der Waals surface area contributed by atoms with E-state index in [1.807, 2.05) is 6.92 Å². The van der Waals surface area contributed by atoms with Gasteiger partial charge in [0.25, 0.3) is 10.0 Å². The number of aliphatic hydroxyl groups excluding tert-OH is 1. The van der Waals surface area contributed by atoms with Gasteiger partial charge in [0.1, 0.15) is 6.04 Å². The van der Waals surface area contributed by atoms with Crippen molar-refractivity contribution >= 4 is 16.0 Å². The van der Waals surface area contributed by atoms with Crippen molar-refractivity contribution in [3.63, 3.8) is 0 Å². The van der Waals surface area contributed by atoms with Gasteiger partial charge in [-0.2, -0.15) is 4.31 Å². The number of hydrogen-bond donors (Lipinski definition) is 2. The number of β-amino-alcohol motifs (C(OH)–C–C–N with tert-alkyl or cyclic N) is 1. The third-order valence-electron chi connectivity index (χ3n) is 3.07. The molecule has 0 radical (unpaired) electrons. The first kappa shape index (κ1) is 14.0. The fraction of sp³-hybridized carbons (Fsp3) is 0.600. The van der Waals surface area contributed by atoms with Gasteiger partial charge >= 0.3 is 5.97 Å². The van der Waals surface area contributed by atoms with Crippen LogP contribution in [0.5, 0.6) is 0 Å². The van der Waals surface area contributed by atoms with Crippen LogP contribution < -0.4 is 0 Å². The molecule has 1 aromatic heterocycles. The van der Waals surface area contributed by atoms with Crippen molar-refractivity contribution in [3.8, 4) is 0 Å². The largest absolute Gasteiger partial charge is 0.480 e. The minimum Gasteiger partial charge on any atom is -0.480 e. The Hall–Kier alpha value is -1.45. The van der Waals surface area contributed by atoms with Crippen LogP contribution in [0.2, 0.25) is 0 Å². The van der Waals surface area contributed by atoms with Crippen LogP contribution in [0.15, 0.2) is 17.6 Å². The Morgan fingerprint density at radius 3 is 2.79 bits per heavy atom. The van der Waals surface area contributed by atoms with Crippen LogP contribution in [0.25, 0.3) is 0 Å². The molecule has 0 amide bonds. The molecule has 2 rings (SSSR count). The van der Waals surface area contributed by atoms with Crippen molar-refractivity contribution in [2.75, 3.05) is 6.54 Å². The highest BCUT2D eigenvalue weighted by Crippen LogP contribution is 2.25. The van der Waals surface area contributed by atoms with Crippen LogP contribution in [-0.2, 0) is 21.4 Å². The monoisotopic (exact) mass is 289 g/mol. The average Bonchev–Trinajstić information content (AvgIpc) is 2.94. The lowest BCUT2D eigenvalue weighted by Gasteiger charge is -2.19. The number of imidazole rings is 1. The van der Waals surface area contributed by atoms with Crippen molar-refractivity contribution in [3.05, 3.63) is 12.5 Å². The molecule has 1 saturated heterocycles. The molecule has 8 nitrogen and oxygen atoms in total. The molecule has 1 aliphatic rings. The highest BCUT2D eigenvalue weighted by molar-refractivity contribution is 7.89. The molecule has 0 bridgehead atoms. The predicted molar refractivity (Wildman–Crippen MR) is 63.8 cm³/mol. The van der Waals surface area contributed by atoms with Gasteiger partial charge < -0.3 is 14.8 Å². The van der Waals surface area contributed by atoms with E-state index >= 15 is 0 Å². The van der Waals surface area contributed by atoms with Crippen molar-refractivity contribution in [1.82, 2.24) is 13.9 Å². The maximum atomic E-state index is 12.3. The van der Waals surface area contributed by atoms with Gasteiger partial charge in [0, 0.05) is 25.7 Å². The van der Waals surface area contributed by atoms with Gasteiger partial charge in [-0.05, 0) is 6.92 Å². The minimum absolute atomic E-state index is 0.108. The summed E-state index contributed by atoms with van der Waals surface area (Å²) >= 11 is 0. The maximum Gasteiger partial charge on any atom is 0.322 e. The Morgan fingerprint density at radius 1 is 1.58 bits per heavy atom. The predicted octanol–water partition coefficient (Wildman–Crippen LogP) is -0.888. The topological polar surface area (TPSA) is 113 Å². The lowest BCUT2D eigenvalue weighted by atomic mass is 10.2. The standard InChI is InChI=1S/C10H15N3O5S/c1-2-12-5-9(11-6-12)19(17,18)13-4-7(14)3-8(13)10(15)16/h5-8,14H,2-4H2,1H3,(H,15,16)/t7?,8-/m0/s1. The first-order chi connectivity index (χ1) is 8.86. The van der Waals surface area contributed by atoms with E-state index in [1.54, 1.807) is 4.57 Å². The van der Waals surface area contributed by atoms with E-state index in [-0.39, 0.29) is 18.0 Å². The van der Waals surface area contributed by atoms with Crippen LogP contribution >= 0.6 is 0 Å². The third-order valence-corrected chi connectivity index (χ3v) is 4.83. The summed E-state index contributed by atoms with van der Waals surface area (Å²) in [5, 5.41) is 18.3. The summed E-state index contributed by atoms with van der Waals surface area (Å²) in [6.07, 6.45) is 1.64. The van der Waals surface area contributed by atoms with Gasteiger partial charge in [0.05, 0.1) is 12.4 Å². The molecule has 0 aromatic carbocycles. The Kier molecular flexibility index (Phi) is 3.61. The Balaban J connectivity index is 2.35. The van der Waals surface area contributed by atoms with E-state index in [1.165, 1.54) is 12.5 Å². The van der Waals surface area contributed by atoms with Gasteiger partial charge in [0.2, 0.25) is 0 Å². The molecule has 1 fully saturated rings. The highest BCUT2D eigenvalue weighted by Gasteiger charge is 2.44. The molecule has 2 N–H and O–H groups in total. The summed E-state index contributed by atoms with van der Waals surface area (Å²) in [5.74, 6) is -1.27. The van der Waals surface area contributed by atoms with Crippen molar-refractivity contribution in [2.24, 2.45) is 0 Å². The SMILES string of the molecule is CCn1cnc(S(=O)(=O)N2CC(O)C[C@H]2C(=O)O)c1. The second-order valence-electron chi connectivity index (χ2n) is 4.36. The van der Waals surface area contributed by atoms with E-state index in [2.05, 4.69) is 4.98 Å². The van der Waals surface area contributed by atoms with E-state index < -0.39 is 28.1 Å². The van der Waals surface area contributed by atoms with Crippen LogP contribution in [0, 0.1) is 0 Å². The minimum atomic E-state index is -3.99. The van der Waals surface area contributed by atoms with Crippen LogP contribution in [0.3, 0.4) is 0 Å². The summed E-state index contributed by atoms with van der Waals surface area (Å²) in [7, 11) is -3.99. The lowest BCUT2D eigenvalue weighted by Crippen LogP contribution is -2.40.